The molecule has 1 aliphatic rings. The standard InChI is InChI=1S/C17H22N2O5/c1-12(16(21)24-11-13-7-3-2-4-8-13)18-15(20)14-9-5-6-10-19(14)17(22)23/h2-4,7-8,12,14H,5-6,9-11H2,1H3,(H,18,20)(H,22,23)/t12-,14-/m0/s1. The third-order valence-corrected chi connectivity index (χ3v) is 3.99. The smallest absolute Gasteiger partial charge is 0.407 e. The van der Waals surface area contributed by atoms with E-state index in [1.165, 1.54) is 6.92 Å². The lowest BCUT2D eigenvalue weighted by Gasteiger charge is -2.32. The van der Waals surface area contributed by atoms with Crippen LogP contribution in [0.25, 0.3) is 0 Å². The van der Waals surface area contributed by atoms with Gasteiger partial charge in [-0.2, -0.15) is 0 Å². The lowest BCUT2D eigenvalue weighted by Crippen LogP contribution is -2.54. The minimum absolute atomic E-state index is 0.130. The van der Waals surface area contributed by atoms with Gasteiger partial charge in [0.25, 0.3) is 0 Å². The molecule has 0 aromatic heterocycles. The molecule has 1 heterocycles. The molecule has 130 valence electrons. The largest absolute Gasteiger partial charge is 0.465 e. The highest BCUT2D eigenvalue weighted by molar-refractivity contribution is 5.89. The van der Waals surface area contributed by atoms with Crippen LogP contribution in [0.15, 0.2) is 30.3 Å². The summed E-state index contributed by atoms with van der Waals surface area (Å²) in [5.41, 5.74) is 0.855. The molecule has 1 saturated heterocycles. The quantitative estimate of drug-likeness (QED) is 0.800. The lowest BCUT2D eigenvalue weighted by molar-refractivity contribution is -0.149. The van der Waals surface area contributed by atoms with Crippen molar-refractivity contribution < 1.29 is 24.2 Å². The predicted octanol–water partition coefficient (Wildman–Crippen LogP) is 1.77. The van der Waals surface area contributed by atoms with Gasteiger partial charge in [-0.3, -0.25) is 9.69 Å². The van der Waals surface area contributed by atoms with Crippen LogP contribution < -0.4 is 5.32 Å². The summed E-state index contributed by atoms with van der Waals surface area (Å²) < 4.78 is 5.17. The number of carbonyl (C=O) groups is 3. The average molecular weight is 334 g/mol. The second-order valence-electron chi connectivity index (χ2n) is 5.81. The molecule has 0 spiro atoms. The second-order valence-corrected chi connectivity index (χ2v) is 5.81. The number of piperidine rings is 1. The zero-order valence-electron chi connectivity index (χ0n) is 13.6. The summed E-state index contributed by atoms with van der Waals surface area (Å²) in [6.45, 7) is 1.99. The van der Waals surface area contributed by atoms with Crippen molar-refractivity contribution in [3.8, 4) is 0 Å². The Morgan fingerprint density at radius 3 is 2.67 bits per heavy atom. The number of benzene rings is 1. The van der Waals surface area contributed by atoms with Gasteiger partial charge in [0.05, 0.1) is 0 Å². The maximum Gasteiger partial charge on any atom is 0.407 e. The van der Waals surface area contributed by atoms with Crippen LogP contribution in [0.2, 0.25) is 0 Å². The minimum atomic E-state index is -1.12. The molecule has 1 aromatic carbocycles. The lowest BCUT2D eigenvalue weighted by atomic mass is 10.0. The van der Waals surface area contributed by atoms with Crippen molar-refractivity contribution in [1.82, 2.24) is 10.2 Å². The molecule has 7 nitrogen and oxygen atoms in total. The third kappa shape index (κ3) is 4.71. The van der Waals surface area contributed by atoms with Crippen LogP contribution in [0, 0.1) is 0 Å². The number of likely N-dealkylation sites (tertiary alicyclic amines) is 1. The van der Waals surface area contributed by atoms with Crippen LogP contribution in [0.4, 0.5) is 4.79 Å². The highest BCUT2D eigenvalue weighted by Gasteiger charge is 2.33. The Hall–Kier alpha value is -2.57. The van der Waals surface area contributed by atoms with Gasteiger partial charge in [-0.05, 0) is 31.7 Å². The topological polar surface area (TPSA) is 95.9 Å². The van der Waals surface area contributed by atoms with Crippen molar-refractivity contribution in [2.45, 2.75) is 44.9 Å². The monoisotopic (exact) mass is 334 g/mol. The number of amides is 2. The maximum atomic E-state index is 12.3. The van der Waals surface area contributed by atoms with E-state index in [2.05, 4.69) is 5.32 Å². The van der Waals surface area contributed by atoms with Gasteiger partial charge in [-0.15, -0.1) is 0 Å². The van der Waals surface area contributed by atoms with Crippen molar-refractivity contribution in [3.05, 3.63) is 35.9 Å². The fourth-order valence-corrected chi connectivity index (χ4v) is 2.66. The number of hydrogen-bond donors (Lipinski definition) is 2. The highest BCUT2D eigenvalue weighted by atomic mass is 16.5. The van der Waals surface area contributed by atoms with E-state index in [4.69, 9.17) is 9.84 Å². The molecule has 24 heavy (non-hydrogen) atoms. The number of ether oxygens (including phenoxy) is 1. The van der Waals surface area contributed by atoms with Crippen LogP contribution in [0.1, 0.15) is 31.7 Å². The molecule has 1 aliphatic heterocycles. The molecule has 2 N–H and O–H groups in total. The molecule has 2 atom stereocenters. The molecule has 2 amide bonds. The first kappa shape index (κ1) is 17.8. The zero-order chi connectivity index (χ0) is 17.5. The van der Waals surface area contributed by atoms with Crippen molar-refractivity contribution in [3.63, 3.8) is 0 Å². The van der Waals surface area contributed by atoms with Gasteiger partial charge in [0.2, 0.25) is 5.91 Å². The maximum absolute atomic E-state index is 12.3. The summed E-state index contributed by atoms with van der Waals surface area (Å²) in [6.07, 6.45) is 0.873. The molecule has 0 radical (unpaired) electrons. The minimum Gasteiger partial charge on any atom is -0.465 e. The predicted molar refractivity (Wildman–Crippen MR) is 86.2 cm³/mol. The number of esters is 1. The number of carbonyl (C=O) groups excluding carboxylic acids is 2. The number of nitrogens with zero attached hydrogens (tertiary/aromatic N) is 1. The van der Waals surface area contributed by atoms with Crippen molar-refractivity contribution in [2.75, 3.05) is 6.54 Å². The highest BCUT2D eigenvalue weighted by Crippen LogP contribution is 2.17. The third-order valence-electron chi connectivity index (χ3n) is 3.99. The van der Waals surface area contributed by atoms with E-state index in [0.717, 1.165) is 23.3 Å². The normalized spacial score (nSPS) is 18.5. The van der Waals surface area contributed by atoms with Gasteiger partial charge in [0.15, 0.2) is 0 Å². The molecule has 0 unspecified atom stereocenters. The number of carboxylic acid groups (broad SMARTS) is 1. The van der Waals surface area contributed by atoms with Gasteiger partial charge in [0.1, 0.15) is 18.7 Å². The number of nitrogens with one attached hydrogen (secondary N) is 1. The molecular formula is C17H22N2O5. The summed E-state index contributed by atoms with van der Waals surface area (Å²) in [7, 11) is 0. The van der Waals surface area contributed by atoms with E-state index < -0.39 is 30.1 Å². The molecule has 1 aromatic rings. The van der Waals surface area contributed by atoms with E-state index in [0.29, 0.717) is 13.0 Å². The van der Waals surface area contributed by atoms with Gasteiger partial charge in [-0.1, -0.05) is 30.3 Å². The Morgan fingerprint density at radius 1 is 1.29 bits per heavy atom. The first-order valence-electron chi connectivity index (χ1n) is 7.99. The molecule has 7 heteroatoms. The molecule has 2 rings (SSSR count). The Kier molecular flexibility index (Phi) is 6.17. The van der Waals surface area contributed by atoms with Crippen LogP contribution >= 0.6 is 0 Å². The van der Waals surface area contributed by atoms with E-state index in [1.807, 2.05) is 30.3 Å². The molecule has 0 aliphatic carbocycles. The van der Waals surface area contributed by atoms with E-state index in [1.54, 1.807) is 0 Å². The molecule has 0 saturated carbocycles. The van der Waals surface area contributed by atoms with Crippen molar-refractivity contribution >= 4 is 18.0 Å². The summed E-state index contributed by atoms with van der Waals surface area (Å²) in [6, 6.07) is 7.65. The Balaban J connectivity index is 1.85. The van der Waals surface area contributed by atoms with Gasteiger partial charge in [0, 0.05) is 6.54 Å². The first-order valence-corrected chi connectivity index (χ1v) is 7.99. The number of hydrogen-bond acceptors (Lipinski definition) is 4. The summed E-state index contributed by atoms with van der Waals surface area (Å²) >= 11 is 0. The SMILES string of the molecule is C[C@H](NC(=O)[C@@H]1CCCCN1C(=O)O)C(=O)OCc1ccccc1. The summed E-state index contributed by atoms with van der Waals surface area (Å²) in [5, 5.41) is 11.7. The summed E-state index contributed by atoms with van der Waals surface area (Å²) in [5.74, 6) is -1.01. The van der Waals surface area contributed by atoms with Crippen molar-refractivity contribution in [1.29, 1.82) is 0 Å². The van der Waals surface area contributed by atoms with E-state index in [-0.39, 0.29) is 6.61 Å². The molecule has 1 fully saturated rings. The second kappa shape index (κ2) is 8.33. The van der Waals surface area contributed by atoms with Crippen LogP contribution in [-0.4, -0.2) is 46.6 Å². The summed E-state index contributed by atoms with van der Waals surface area (Å²) in [4.78, 5) is 36.6. The van der Waals surface area contributed by atoms with E-state index in [9.17, 15) is 14.4 Å². The molecular weight excluding hydrogens is 312 g/mol. The van der Waals surface area contributed by atoms with Crippen LogP contribution in [0.3, 0.4) is 0 Å². The van der Waals surface area contributed by atoms with Crippen LogP contribution in [-0.2, 0) is 20.9 Å². The van der Waals surface area contributed by atoms with Gasteiger partial charge < -0.3 is 15.2 Å². The fourth-order valence-electron chi connectivity index (χ4n) is 2.66. The Bertz CT molecular complexity index is 590. The first-order chi connectivity index (χ1) is 11.5. The average Bonchev–Trinajstić information content (AvgIpc) is 2.60. The fraction of sp³-hybridized carbons (Fsp3) is 0.471. The molecule has 0 bridgehead atoms. The van der Waals surface area contributed by atoms with Crippen molar-refractivity contribution in [2.24, 2.45) is 0 Å². The van der Waals surface area contributed by atoms with Gasteiger partial charge in [-0.25, -0.2) is 9.59 Å². The van der Waals surface area contributed by atoms with Crippen LogP contribution in [0.5, 0.6) is 0 Å². The zero-order valence-corrected chi connectivity index (χ0v) is 13.6. The number of rotatable bonds is 5. The Labute approximate surface area is 140 Å². The van der Waals surface area contributed by atoms with Gasteiger partial charge >= 0.3 is 12.1 Å². The van der Waals surface area contributed by atoms with E-state index >= 15 is 0 Å². The Morgan fingerprint density at radius 2 is 2.00 bits per heavy atom.